The first-order chi connectivity index (χ1) is 41.8. The first kappa shape index (κ1) is 62.2. The van der Waals surface area contributed by atoms with E-state index in [1.165, 1.54) is 4.90 Å². The molecule has 0 spiro atoms. The van der Waals surface area contributed by atoms with Gasteiger partial charge in [-0.05, 0) is 126 Å². The molecule has 0 bridgehead atoms. The van der Waals surface area contributed by atoms with E-state index in [0.717, 1.165) is 78.3 Å². The van der Waals surface area contributed by atoms with E-state index in [9.17, 15) is 38.7 Å². The molecule has 1 saturated heterocycles. The van der Waals surface area contributed by atoms with Crippen LogP contribution in [0.5, 0.6) is 0 Å². The number of aliphatic hydroxyl groups is 1. The fourth-order valence-corrected chi connectivity index (χ4v) is 13.9. The summed E-state index contributed by atoms with van der Waals surface area (Å²) in [6.07, 6.45) is 2.69. The van der Waals surface area contributed by atoms with Gasteiger partial charge < -0.3 is 35.8 Å². The molecule has 1 fully saturated rings. The minimum absolute atomic E-state index is 0.0284. The normalized spacial score (nSPS) is 18.9. The maximum Gasteiger partial charge on any atom is 0.407 e. The van der Waals surface area contributed by atoms with Crippen molar-refractivity contribution in [3.05, 3.63) is 165 Å². The minimum atomic E-state index is -0.927. The number of carbonyl (C=O) groups excluding carboxylic acids is 7. The summed E-state index contributed by atoms with van der Waals surface area (Å²) < 4.78 is 12.3. The van der Waals surface area contributed by atoms with Crippen molar-refractivity contribution in [2.45, 2.75) is 167 Å². The van der Waals surface area contributed by atoms with Crippen LogP contribution in [-0.2, 0) is 70.5 Å². The smallest absolute Gasteiger partial charge is 0.407 e. The minimum Gasteiger partial charge on any atom is -0.449 e. The number of alkyl carbamates (subject to hydrolysis) is 1. The Balaban J connectivity index is 0.686. The van der Waals surface area contributed by atoms with E-state index in [1.807, 2.05) is 143 Å². The summed E-state index contributed by atoms with van der Waals surface area (Å²) in [5.41, 5.74) is 18.8. The zero-order valence-corrected chi connectivity index (χ0v) is 51.2. The van der Waals surface area contributed by atoms with Gasteiger partial charge >= 0.3 is 6.09 Å². The largest absolute Gasteiger partial charge is 0.449 e. The molecule has 5 amide bonds. The van der Waals surface area contributed by atoms with Crippen molar-refractivity contribution in [2.75, 3.05) is 18.1 Å². The van der Waals surface area contributed by atoms with Crippen molar-refractivity contribution >= 4 is 58.3 Å². The number of carbonyl (C=O) groups is 7. The molecule has 456 valence electrons. The molecule has 16 nitrogen and oxygen atoms in total. The molecule has 4 aliphatic rings. The topological polar surface area (TPSA) is 228 Å². The molecule has 6 aromatic rings. The van der Waals surface area contributed by atoms with Crippen molar-refractivity contribution in [1.82, 2.24) is 20.5 Å². The highest BCUT2D eigenvalue weighted by Crippen LogP contribution is 2.45. The Kier molecular flexibility index (Phi) is 19.6. The number of rotatable bonds is 25. The van der Waals surface area contributed by atoms with Crippen LogP contribution in [0.3, 0.4) is 0 Å². The molecular formula is C70H80N6O10S. The molecule has 4 heterocycles. The Morgan fingerprint density at radius 3 is 2.14 bits per heavy atom. The van der Waals surface area contributed by atoms with Gasteiger partial charge in [-0.25, -0.2) is 9.78 Å². The van der Waals surface area contributed by atoms with Gasteiger partial charge in [0.1, 0.15) is 18.7 Å². The number of primary amides is 1. The predicted molar refractivity (Wildman–Crippen MR) is 335 cm³/mol. The number of ketones is 2. The van der Waals surface area contributed by atoms with Crippen LogP contribution in [0.25, 0.3) is 21.6 Å². The number of thiazole rings is 1. The molecule has 3 aliphatic heterocycles. The zero-order chi connectivity index (χ0) is 61.5. The van der Waals surface area contributed by atoms with Gasteiger partial charge in [0.2, 0.25) is 23.6 Å². The standard InChI is InChI=1S/C70H80N6O10S/c1-42-65(87-41-72-42)48-28-25-45(26-29-48)27-33-60(78)58-37-51(77)38-75(58)68(83)66(70(3,4)5)74-63(81)20-11-6-13-44-21-23-46(24-22-44)39-85-43(2)49(31-34-62(71)80)36-61(79)59-35-50-15-12-14-47-30-32-57(67(82)76(59)64(47)50)73-69(84)86-40-56-54-18-9-7-16-52(54)53-17-8-10-19-55(53)56/h7-10,12,14-19,21-26,28-29,41,43,49,51,56-59,66,77H,6,11,13,20,27,30-40H2,1-5H3,(H2,71,80)(H,73,84)(H,74,81)/t43-,49-,51-,57+,58+,59+,66-/m1/s1. The molecule has 5 N–H and O–H groups in total. The zero-order valence-electron chi connectivity index (χ0n) is 50.4. The lowest BCUT2D eigenvalue weighted by Crippen LogP contribution is -2.56. The van der Waals surface area contributed by atoms with Crippen LogP contribution in [0, 0.1) is 18.3 Å². The number of amides is 5. The third-order valence-electron chi connectivity index (χ3n) is 17.9. The quantitative estimate of drug-likeness (QED) is 0.0394. The van der Waals surface area contributed by atoms with Gasteiger partial charge in [-0.15, -0.1) is 11.3 Å². The maximum atomic E-state index is 14.6. The fourth-order valence-electron chi connectivity index (χ4n) is 13.1. The highest BCUT2D eigenvalue weighted by Gasteiger charge is 2.46. The lowest BCUT2D eigenvalue weighted by molar-refractivity contribution is -0.143. The SMILES string of the molecule is Cc1ncsc1-c1ccc(CCC(=O)[C@@H]2C[C@@H](O)CN2C(=O)[C@@H](NC(=O)CCCCc2ccc(CO[C@H](C)[C@H](CCC(N)=O)CC(=O)[C@@H]3Cc4cccc5c4N3C(=O)[C@@H](NC(=O)OCC3c4ccccc4-c4ccccc43)CC5)cc2)C(C)(C)C)cc1. The summed E-state index contributed by atoms with van der Waals surface area (Å²) in [7, 11) is 0. The second kappa shape index (κ2) is 27.5. The summed E-state index contributed by atoms with van der Waals surface area (Å²) in [6.45, 7) is 9.88. The number of aryl methyl sites for hydroxylation is 4. The third kappa shape index (κ3) is 14.6. The van der Waals surface area contributed by atoms with Crippen LogP contribution in [0.1, 0.15) is 136 Å². The molecule has 0 saturated carbocycles. The number of ether oxygens (including phenoxy) is 2. The molecular weight excluding hydrogens is 1120 g/mol. The molecule has 7 atom stereocenters. The van der Waals surface area contributed by atoms with Gasteiger partial charge in [-0.3, -0.25) is 33.7 Å². The summed E-state index contributed by atoms with van der Waals surface area (Å²) in [4.78, 5) is 105. The number of likely N-dealkylation sites (tertiary alicyclic amines) is 1. The van der Waals surface area contributed by atoms with Crippen molar-refractivity contribution in [2.24, 2.45) is 17.1 Å². The van der Waals surface area contributed by atoms with Crippen LogP contribution in [0.4, 0.5) is 10.5 Å². The Morgan fingerprint density at radius 2 is 1.46 bits per heavy atom. The van der Waals surface area contributed by atoms with Gasteiger partial charge in [0.15, 0.2) is 11.6 Å². The van der Waals surface area contributed by atoms with Gasteiger partial charge in [0, 0.05) is 51.0 Å². The van der Waals surface area contributed by atoms with Crippen LogP contribution in [0.15, 0.2) is 121 Å². The molecule has 1 aliphatic carbocycles. The number of nitrogens with two attached hydrogens (primary N) is 1. The summed E-state index contributed by atoms with van der Waals surface area (Å²) >= 11 is 1.58. The molecule has 87 heavy (non-hydrogen) atoms. The molecule has 0 unspecified atom stereocenters. The average molecular weight is 1200 g/mol. The van der Waals surface area contributed by atoms with Gasteiger partial charge in [0.05, 0.1) is 52.7 Å². The van der Waals surface area contributed by atoms with Crippen LogP contribution >= 0.6 is 11.3 Å². The number of aliphatic hydroxyl groups excluding tert-OH is 1. The average Bonchev–Trinajstić information content (AvgIpc) is 1.78. The highest BCUT2D eigenvalue weighted by atomic mass is 32.1. The highest BCUT2D eigenvalue weighted by molar-refractivity contribution is 7.13. The van der Waals surface area contributed by atoms with Crippen LogP contribution in [0.2, 0.25) is 0 Å². The van der Waals surface area contributed by atoms with Crippen molar-refractivity contribution < 1.29 is 48.1 Å². The van der Waals surface area contributed by atoms with Gasteiger partial charge in [0.25, 0.3) is 0 Å². The van der Waals surface area contributed by atoms with E-state index in [2.05, 4.69) is 27.8 Å². The monoisotopic (exact) mass is 1200 g/mol. The number of Topliss-reactive ketones (excluding diaryl/α,β-unsaturated/α-hetero) is 2. The summed E-state index contributed by atoms with van der Waals surface area (Å²) in [6, 6.07) is 34.7. The number of unbranched alkanes of at least 4 members (excludes halogenated alkanes) is 1. The van der Waals surface area contributed by atoms with E-state index < -0.39 is 59.7 Å². The van der Waals surface area contributed by atoms with Crippen LogP contribution in [-0.4, -0.2) is 106 Å². The van der Waals surface area contributed by atoms with E-state index in [4.69, 9.17) is 15.2 Å². The number of fused-ring (bicyclic) bond motifs is 3. The lowest BCUT2D eigenvalue weighted by Gasteiger charge is -2.35. The first-order valence-corrected chi connectivity index (χ1v) is 31.5. The fraction of sp³-hybridized carbons (Fsp3) is 0.429. The lowest BCUT2D eigenvalue weighted by atomic mass is 9.85. The number of β-amino-alcohol motifs (C(OH)–C–C–N with tert-alkyl or cyclic N) is 1. The molecule has 5 aromatic carbocycles. The number of hydrogen-bond acceptors (Lipinski definition) is 12. The first-order valence-electron chi connectivity index (χ1n) is 30.7. The molecule has 17 heteroatoms. The number of nitrogens with one attached hydrogen (secondary N) is 2. The van der Waals surface area contributed by atoms with Gasteiger partial charge in [-0.2, -0.15) is 0 Å². The Bertz CT molecular complexity index is 3460. The van der Waals surface area contributed by atoms with Gasteiger partial charge in [-0.1, -0.05) is 136 Å². The molecule has 0 radical (unpaired) electrons. The summed E-state index contributed by atoms with van der Waals surface area (Å²) in [5.74, 6) is -2.31. The summed E-state index contributed by atoms with van der Waals surface area (Å²) in [5, 5.41) is 16.6. The molecule has 10 rings (SSSR count). The molecule has 1 aromatic heterocycles. The number of nitrogens with zero attached hydrogens (tertiary/aromatic N) is 3. The number of anilines is 1. The second-order valence-corrected chi connectivity index (χ2v) is 25.9. The van der Waals surface area contributed by atoms with Crippen molar-refractivity contribution in [3.8, 4) is 21.6 Å². The van der Waals surface area contributed by atoms with Crippen molar-refractivity contribution in [3.63, 3.8) is 0 Å². The Labute approximate surface area is 513 Å². The number of hydrogen-bond donors (Lipinski definition) is 4. The van der Waals surface area contributed by atoms with E-state index in [-0.39, 0.29) is 87.1 Å². The van der Waals surface area contributed by atoms with Crippen molar-refractivity contribution in [1.29, 1.82) is 0 Å². The number of aromatic nitrogens is 1. The second-order valence-electron chi connectivity index (χ2n) is 25.1. The number of benzene rings is 5. The van der Waals surface area contributed by atoms with E-state index in [0.29, 0.717) is 44.9 Å². The Morgan fingerprint density at radius 1 is 0.793 bits per heavy atom. The van der Waals surface area contributed by atoms with E-state index >= 15 is 0 Å². The predicted octanol–water partition coefficient (Wildman–Crippen LogP) is 10.1. The third-order valence-corrected chi connectivity index (χ3v) is 18.9. The van der Waals surface area contributed by atoms with E-state index in [1.54, 1.807) is 16.2 Å². The Hall–Kier alpha value is -7.86. The van der Waals surface area contributed by atoms with Crippen LogP contribution < -0.4 is 21.3 Å². The maximum absolute atomic E-state index is 14.6. The number of para-hydroxylation sites is 1.